The average molecular weight is 326 g/mol. The summed E-state index contributed by atoms with van der Waals surface area (Å²) >= 11 is 0. The Morgan fingerprint density at radius 3 is 2.83 bits per heavy atom. The molecule has 0 fully saturated rings. The number of aryl methyl sites for hydroxylation is 1. The summed E-state index contributed by atoms with van der Waals surface area (Å²) in [5, 5.41) is 18.7. The van der Waals surface area contributed by atoms with Crippen LogP contribution in [0.15, 0.2) is 42.5 Å². The summed E-state index contributed by atoms with van der Waals surface area (Å²) in [6, 6.07) is 10.8. The Labute approximate surface area is 137 Å². The summed E-state index contributed by atoms with van der Waals surface area (Å²) in [4.78, 5) is 16.3. The van der Waals surface area contributed by atoms with Crippen molar-refractivity contribution in [1.29, 1.82) is 0 Å². The molecule has 0 bridgehead atoms. The quantitative estimate of drug-likeness (QED) is 0.687. The van der Waals surface area contributed by atoms with Crippen molar-refractivity contribution < 1.29 is 14.3 Å². The van der Waals surface area contributed by atoms with Gasteiger partial charge < -0.3 is 10.4 Å². The largest absolute Gasteiger partial charge is 0.508 e. The molecule has 3 N–H and O–H groups in total. The summed E-state index contributed by atoms with van der Waals surface area (Å²) in [7, 11) is 0. The molecule has 0 aliphatic rings. The van der Waals surface area contributed by atoms with E-state index >= 15 is 0 Å². The van der Waals surface area contributed by atoms with Crippen LogP contribution in [-0.4, -0.2) is 26.2 Å². The van der Waals surface area contributed by atoms with Crippen LogP contribution < -0.4 is 5.32 Å². The van der Waals surface area contributed by atoms with Crippen molar-refractivity contribution in [2.75, 3.05) is 0 Å². The summed E-state index contributed by atoms with van der Waals surface area (Å²) < 4.78 is 13.7. The van der Waals surface area contributed by atoms with Crippen LogP contribution in [-0.2, 0) is 6.54 Å². The molecule has 3 aromatic rings. The number of carbonyl (C=O) groups excluding carboxylic acids is 1. The van der Waals surface area contributed by atoms with Crippen LogP contribution in [0.3, 0.4) is 0 Å². The first-order valence-corrected chi connectivity index (χ1v) is 7.28. The van der Waals surface area contributed by atoms with E-state index in [9.17, 15) is 14.3 Å². The van der Waals surface area contributed by atoms with Gasteiger partial charge in [0.1, 0.15) is 17.4 Å². The molecule has 3 rings (SSSR count). The Morgan fingerprint density at radius 1 is 1.29 bits per heavy atom. The molecule has 7 heteroatoms. The molecule has 0 unspecified atom stereocenters. The van der Waals surface area contributed by atoms with Crippen molar-refractivity contribution in [3.8, 4) is 17.1 Å². The average Bonchev–Trinajstić information content (AvgIpc) is 2.99. The highest BCUT2D eigenvalue weighted by Gasteiger charge is 2.12. The summed E-state index contributed by atoms with van der Waals surface area (Å²) in [5.41, 5.74) is 1.54. The Hall–Kier alpha value is -3.22. The molecular formula is C17H15FN4O2. The van der Waals surface area contributed by atoms with Crippen molar-refractivity contribution in [3.63, 3.8) is 0 Å². The van der Waals surface area contributed by atoms with Gasteiger partial charge in [0.15, 0.2) is 5.82 Å². The zero-order valence-electron chi connectivity index (χ0n) is 12.9. The van der Waals surface area contributed by atoms with Crippen LogP contribution in [0.5, 0.6) is 5.75 Å². The second kappa shape index (κ2) is 6.49. The maximum absolute atomic E-state index is 13.7. The fraction of sp³-hybridized carbons (Fsp3) is 0.118. The number of aromatic nitrogens is 3. The van der Waals surface area contributed by atoms with Gasteiger partial charge >= 0.3 is 0 Å². The molecule has 0 saturated carbocycles. The number of halogens is 1. The van der Waals surface area contributed by atoms with Crippen molar-refractivity contribution >= 4 is 5.91 Å². The van der Waals surface area contributed by atoms with E-state index in [1.54, 1.807) is 0 Å². The molecule has 0 radical (unpaired) electrons. The van der Waals surface area contributed by atoms with E-state index in [0.29, 0.717) is 11.6 Å². The smallest absolute Gasteiger partial charge is 0.254 e. The third-order valence-electron chi connectivity index (χ3n) is 3.43. The molecule has 0 spiro atoms. The van der Waals surface area contributed by atoms with Crippen molar-refractivity contribution in [2.24, 2.45) is 0 Å². The van der Waals surface area contributed by atoms with E-state index in [4.69, 9.17) is 0 Å². The third kappa shape index (κ3) is 3.40. The number of hydrogen-bond acceptors (Lipinski definition) is 4. The van der Waals surface area contributed by atoms with E-state index in [-0.39, 0.29) is 17.9 Å². The predicted octanol–water partition coefficient (Wildman–Crippen LogP) is 2.55. The molecule has 2 aromatic carbocycles. The number of carbonyl (C=O) groups is 1. The molecule has 24 heavy (non-hydrogen) atoms. The number of phenolic OH excluding ortho intramolecular Hbond substituents is 1. The second-order valence-electron chi connectivity index (χ2n) is 5.29. The number of aromatic amines is 1. The Bertz CT molecular complexity index is 892. The normalized spacial score (nSPS) is 10.6. The van der Waals surface area contributed by atoms with Crippen LogP contribution in [0.25, 0.3) is 11.4 Å². The fourth-order valence-corrected chi connectivity index (χ4v) is 2.26. The van der Waals surface area contributed by atoms with Crippen LogP contribution in [0.1, 0.15) is 21.7 Å². The first kappa shape index (κ1) is 15.7. The summed E-state index contributed by atoms with van der Waals surface area (Å²) in [6.45, 7) is 2.04. The minimum absolute atomic E-state index is 0.117. The van der Waals surface area contributed by atoms with Crippen molar-refractivity contribution in [1.82, 2.24) is 20.5 Å². The lowest BCUT2D eigenvalue weighted by Gasteiger charge is -2.07. The topological polar surface area (TPSA) is 90.9 Å². The Kier molecular flexibility index (Phi) is 4.24. The van der Waals surface area contributed by atoms with Gasteiger partial charge in [-0.25, -0.2) is 9.37 Å². The lowest BCUT2D eigenvalue weighted by Crippen LogP contribution is -2.23. The van der Waals surface area contributed by atoms with E-state index < -0.39 is 11.7 Å². The van der Waals surface area contributed by atoms with Gasteiger partial charge in [0.2, 0.25) is 0 Å². The number of rotatable bonds is 4. The van der Waals surface area contributed by atoms with Gasteiger partial charge in [0.25, 0.3) is 5.91 Å². The fourth-order valence-electron chi connectivity index (χ4n) is 2.26. The highest BCUT2D eigenvalue weighted by molar-refractivity contribution is 5.94. The van der Waals surface area contributed by atoms with Crippen LogP contribution in [0, 0.1) is 12.7 Å². The molecule has 1 heterocycles. The number of aromatic hydroxyl groups is 1. The van der Waals surface area contributed by atoms with E-state index in [1.807, 2.05) is 31.2 Å². The van der Waals surface area contributed by atoms with Gasteiger partial charge in [-0.2, -0.15) is 5.10 Å². The van der Waals surface area contributed by atoms with Crippen LogP contribution in [0.4, 0.5) is 4.39 Å². The number of nitrogens with zero attached hydrogens (tertiary/aromatic N) is 2. The maximum atomic E-state index is 13.7. The third-order valence-corrected chi connectivity index (χ3v) is 3.43. The second-order valence-corrected chi connectivity index (χ2v) is 5.29. The Balaban J connectivity index is 1.71. The Morgan fingerprint density at radius 2 is 2.12 bits per heavy atom. The lowest BCUT2D eigenvalue weighted by molar-refractivity contribution is 0.0947. The molecule has 0 saturated heterocycles. The number of nitrogens with one attached hydrogen (secondary N) is 2. The molecule has 122 valence electrons. The first-order valence-electron chi connectivity index (χ1n) is 7.28. The molecular weight excluding hydrogens is 311 g/mol. The first-order chi connectivity index (χ1) is 11.5. The number of amides is 1. The van der Waals surface area contributed by atoms with Crippen molar-refractivity contribution in [2.45, 2.75) is 13.5 Å². The zero-order chi connectivity index (χ0) is 17.1. The molecule has 0 atom stereocenters. The lowest BCUT2D eigenvalue weighted by atomic mass is 10.1. The molecule has 1 amide bonds. The van der Waals surface area contributed by atoms with Crippen LogP contribution in [0.2, 0.25) is 0 Å². The predicted molar refractivity (Wildman–Crippen MR) is 85.8 cm³/mol. The molecule has 1 aromatic heterocycles. The zero-order valence-corrected chi connectivity index (χ0v) is 12.9. The van der Waals surface area contributed by atoms with Gasteiger partial charge in [-0.15, -0.1) is 0 Å². The summed E-state index contributed by atoms with van der Waals surface area (Å²) in [6.07, 6.45) is 0. The minimum atomic E-state index is -0.766. The van der Waals surface area contributed by atoms with E-state index in [1.165, 1.54) is 12.1 Å². The van der Waals surface area contributed by atoms with Gasteiger partial charge in [-0.05, 0) is 30.7 Å². The van der Waals surface area contributed by atoms with Gasteiger partial charge in [-0.1, -0.05) is 18.2 Å². The molecule has 0 aliphatic heterocycles. The van der Waals surface area contributed by atoms with E-state index in [2.05, 4.69) is 20.5 Å². The number of phenols is 1. The van der Waals surface area contributed by atoms with Gasteiger partial charge in [-0.3, -0.25) is 9.89 Å². The van der Waals surface area contributed by atoms with Crippen molar-refractivity contribution in [3.05, 3.63) is 65.2 Å². The minimum Gasteiger partial charge on any atom is -0.508 e. The van der Waals surface area contributed by atoms with E-state index in [0.717, 1.165) is 17.2 Å². The van der Waals surface area contributed by atoms with Gasteiger partial charge in [0, 0.05) is 18.2 Å². The molecule has 0 aliphatic carbocycles. The number of hydrogen-bond donors (Lipinski definition) is 3. The number of benzene rings is 2. The molecule has 6 nitrogen and oxygen atoms in total. The van der Waals surface area contributed by atoms with Gasteiger partial charge in [0.05, 0.1) is 5.56 Å². The summed E-state index contributed by atoms with van der Waals surface area (Å²) in [5.74, 6) is -0.251. The van der Waals surface area contributed by atoms with Crippen LogP contribution >= 0.6 is 0 Å². The number of H-pyrrole nitrogens is 1. The maximum Gasteiger partial charge on any atom is 0.254 e. The highest BCUT2D eigenvalue weighted by atomic mass is 19.1. The standard InChI is InChI=1S/C17H15FN4O2/c1-10-20-16(22-21-10)12-4-2-3-11(7-12)9-19-17(24)14-6-5-13(23)8-15(14)18/h2-8,23H,9H2,1H3,(H,19,24)(H,20,21,22). The monoisotopic (exact) mass is 326 g/mol. The SMILES string of the molecule is Cc1nc(-c2cccc(CNC(=O)c3ccc(O)cc3F)c2)n[nH]1. The highest BCUT2D eigenvalue weighted by Crippen LogP contribution is 2.17.